The Labute approximate surface area is 106 Å². The maximum absolute atomic E-state index is 11.7. The fourth-order valence-corrected chi connectivity index (χ4v) is 1.90. The van der Waals surface area contributed by atoms with Gasteiger partial charge in [0.2, 0.25) is 5.91 Å². The normalized spacial score (nSPS) is 19.2. The molecule has 5 nitrogen and oxygen atoms in total. The summed E-state index contributed by atoms with van der Waals surface area (Å²) in [5.41, 5.74) is 5.56. The zero-order chi connectivity index (χ0) is 13.1. The molecule has 0 fully saturated rings. The molecule has 1 amide bonds. The minimum atomic E-state index is -0.494. The first-order valence-corrected chi connectivity index (χ1v) is 5.97. The molecular weight excluding hydrogens is 232 g/mol. The lowest BCUT2D eigenvalue weighted by Gasteiger charge is -2.30. The predicted octanol–water partition coefficient (Wildman–Crippen LogP) is 0.632. The Bertz CT molecular complexity index is 434. The number of carbonyl (C=O) groups excluding carboxylic acids is 1. The van der Waals surface area contributed by atoms with E-state index in [1.807, 2.05) is 24.3 Å². The van der Waals surface area contributed by atoms with Crippen molar-refractivity contribution in [2.75, 3.05) is 20.2 Å². The second kappa shape index (κ2) is 5.27. The Kier molecular flexibility index (Phi) is 3.72. The van der Waals surface area contributed by atoms with Crippen LogP contribution in [0.2, 0.25) is 0 Å². The van der Waals surface area contributed by atoms with Crippen LogP contribution in [-0.2, 0) is 4.79 Å². The average molecular weight is 250 g/mol. The van der Waals surface area contributed by atoms with E-state index in [9.17, 15) is 4.79 Å². The number of ether oxygens (including phenoxy) is 2. The van der Waals surface area contributed by atoms with Crippen LogP contribution in [0.25, 0.3) is 0 Å². The van der Waals surface area contributed by atoms with Gasteiger partial charge in [-0.1, -0.05) is 12.1 Å². The third-order valence-electron chi connectivity index (χ3n) is 2.81. The summed E-state index contributed by atoms with van der Waals surface area (Å²) in [5.74, 6) is 1.36. The summed E-state index contributed by atoms with van der Waals surface area (Å²) in [6.07, 6.45) is -0.160. The Morgan fingerprint density at radius 1 is 1.50 bits per heavy atom. The molecule has 0 bridgehead atoms. The summed E-state index contributed by atoms with van der Waals surface area (Å²) in [6.45, 7) is 2.58. The van der Waals surface area contributed by atoms with Crippen molar-refractivity contribution in [3.8, 4) is 11.5 Å². The maximum atomic E-state index is 11.7. The van der Waals surface area contributed by atoms with Gasteiger partial charge in [-0.3, -0.25) is 4.79 Å². The molecule has 0 saturated carbocycles. The van der Waals surface area contributed by atoms with Crippen LogP contribution in [0, 0.1) is 0 Å². The fourth-order valence-electron chi connectivity index (χ4n) is 1.90. The molecule has 2 atom stereocenters. The van der Waals surface area contributed by atoms with Crippen molar-refractivity contribution in [2.24, 2.45) is 5.73 Å². The summed E-state index contributed by atoms with van der Waals surface area (Å²) in [4.78, 5) is 13.2. The van der Waals surface area contributed by atoms with Crippen LogP contribution in [-0.4, -0.2) is 43.2 Å². The first-order valence-electron chi connectivity index (χ1n) is 5.97. The Morgan fingerprint density at radius 3 is 2.83 bits per heavy atom. The van der Waals surface area contributed by atoms with Crippen LogP contribution in [0.1, 0.15) is 6.92 Å². The summed E-state index contributed by atoms with van der Waals surface area (Å²) in [6, 6.07) is 7.01. The molecule has 1 heterocycles. The van der Waals surface area contributed by atoms with Gasteiger partial charge in [0.1, 0.15) is 6.61 Å². The minimum Gasteiger partial charge on any atom is -0.486 e. The van der Waals surface area contributed by atoms with Crippen molar-refractivity contribution in [3.63, 3.8) is 0 Å². The lowest BCUT2D eigenvalue weighted by atomic mass is 10.2. The molecule has 18 heavy (non-hydrogen) atoms. The zero-order valence-electron chi connectivity index (χ0n) is 10.6. The standard InChI is InChI=1S/C13H18N2O3/c1-9(14)13(16)15(2)7-10-8-17-11-5-3-4-6-12(11)18-10/h3-6,9-10H,7-8,14H2,1-2H3. The maximum Gasteiger partial charge on any atom is 0.239 e. The third kappa shape index (κ3) is 2.73. The van der Waals surface area contributed by atoms with Gasteiger partial charge in [0.25, 0.3) is 0 Å². The molecule has 5 heteroatoms. The van der Waals surface area contributed by atoms with Gasteiger partial charge < -0.3 is 20.1 Å². The topological polar surface area (TPSA) is 64.8 Å². The number of likely N-dealkylation sites (N-methyl/N-ethyl adjacent to an activating group) is 1. The van der Waals surface area contributed by atoms with E-state index in [1.165, 1.54) is 0 Å². The van der Waals surface area contributed by atoms with Crippen molar-refractivity contribution >= 4 is 5.91 Å². The third-order valence-corrected chi connectivity index (χ3v) is 2.81. The van der Waals surface area contributed by atoms with Crippen LogP contribution < -0.4 is 15.2 Å². The molecule has 98 valence electrons. The van der Waals surface area contributed by atoms with Gasteiger partial charge in [-0.15, -0.1) is 0 Å². The lowest BCUT2D eigenvalue weighted by Crippen LogP contribution is -2.46. The largest absolute Gasteiger partial charge is 0.486 e. The van der Waals surface area contributed by atoms with Gasteiger partial charge in [0, 0.05) is 7.05 Å². The molecule has 0 spiro atoms. The average Bonchev–Trinajstić information content (AvgIpc) is 2.37. The highest BCUT2D eigenvalue weighted by Gasteiger charge is 2.24. The molecule has 2 N–H and O–H groups in total. The van der Waals surface area contributed by atoms with E-state index in [-0.39, 0.29) is 12.0 Å². The minimum absolute atomic E-state index is 0.0996. The number of benzene rings is 1. The number of amides is 1. The first kappa shape index (κ1) is 12.7. The molecule has 2 unspecified atom stereocenters. The number of carbonyl (C=O) groups is 1. The fraction of sp³-hybridized carbons (Fsp3) is 0.462. The van der Waals surface area contributed by atoms with Gasteiger partial charge >= 0.3 is 0 Å². The molecule has 0 saturated heterocycles. The van der Waals surface area contributed by atoms with Gasteiger partial charge in [-0.25, -0.2) is 0 Å². The molecule has 0 radical (unpaired) electrons. The van der Waals surface area contributed by atoms with Gasteiger partial charge in [-0.2, -0.15) is 0 Å². The number of hydrogen-bond donors (Lipinski definition) is 1. The highest BCUT2D eigenvalue weighted by atomic mass is 16.6. The molecule has 2 rings (SSSR count). The van der Waals surface area contributed by atoms with Crippen molar-refractivity contribution < 1.29 is 14.3 Å². The van der Waals surface area contributed by atoms with Crippen molar-refractivity contribution in [1.29, 1.82) is 0 Å². The molecule has 0 aliphatic carbocycles. The Balaban J connectivity index is 1.96. The summed E-state index contributed by atoms with van der Waals surface area (Å²) < 4.78 is 11.4. The van der Waals surface area contributed by atoms with Gasteiger partial charge in [0.05, 0.1) is 12.6 Å². The second-order valence-electron chi connectivity index (χ2n) is 4.51. The van der Waals surface area contributed by atoms with Gasteiger partial charge in [0.15, 0.2) is 17.6 Å². The van der Waals surface area contributed by atoms with E-state index >= 15 is 0 Å². The smallest absolute Gasteiger partial charge is 0.239 e. The van der Waals surface area contributed by atoms with Crippen LogP contribution in [0.5, 0.6) is 11.5 Å². The number of para-hydroxylation sites is 2. The molecule has 1 aliphatic heterocycles. The van der Waals surface area contributed by atoms with E-state index in [1.54, 1.807) is 18.9 Å². The lowest BCUT2D eigenvalue weighted by molar-refractivity contribution is -0.132. The van der Waals surface area contributed by atoms with E-state index in [0.29, 0.717) is 13.2 Å². The van der Waals surface area contributed by atoms with Gasteiger partial charge in [-0.05, 0) is 19.1 Å². The Hall–Kier alpha value is -1.75. The van der Waals surface area contributed by atoms with Crippen molar-refractivity contribution in [2.45, 2.75) is 19.1 Å². The van der Waals surface area contributed by atoms with Crippen LogP contribution >= 0.6 is 0 Å². The van der Waals surface area contributed by atoms with E-state index in [4.69, 9.17) is 15.2 Å². The molecule has 1 aliphatic rings. The number of rotatable bonds is 3. The first-order chi connectivity index (χ1) is 8.58. The highest BCUT2D eigenvalue weighted by molar-refractivity contribution is 5.80. The molecule has 1 aromatic rings. The summed E-state index contributed by atoms with van der Waals surface area (Å²) in [7, 11) is 1.72. The van der Waals surface area contributed by atoms with Crippen molar-refractivity contribution in [3.05, 3.63) is 24.3 Å². The zero-order valence-corrected chi connectivity index (χ0v) is 10.6. The molecule has 1 aromatic carbocycles. The van der Waals surface area contributed by atoms with Crippen molar-refractivity contribution in [1.82, 2.24) is 4.90 Å². The van der Waals surface area contributed by atoms with Crippen LogP contribution in [0.3, 0.4) is 0 Å². The number of nitrogens with zero attached hydrogens (tertiary/aromatic N) is 1. The SMILES string of the molecule is CC(N)C(=O)N(C)CC1COc2ccccc2O1. The quantitative estimate of drug-likeness (QED) is 0.854. The van der Waals surface area contributed by atoms with Crippen LogP contribution in [0.15, 0.2) is 24.3 Å². The van der Waals surface area contributed by atoms with E-state index in [2.05, 4.69) is 0 Å². The number of fused-ring (bicyclic) bond motifs is 1. The molecular formula is C13H18N2O3. The van der Waals surface area contributed by atoms with E-state index < -0.39 is 6.04 Å². The monoisotopic (exact) mass is 250 g/mol. The van der Waals surface area contributed by atoms with E-state index in [0.717, 1.165) is 11.5 Å². The summed E-state index contributed by atoms with van der Waals surface area (Å²) in [5, 5.41) is 0. The highest BCUT2D eigenvalue weighted by Crippen LogP contribution is 2.30. The predicted molar refractivity (Wildman–Crippen MR) is 67.6 cm³/mol. The Morgan fingerprint density at radius 2 is 2.17 bits per heavy atom. The number of nitrogens with two attached hydrogens (primary N) is 1. The molecule has 0 aromatic heterocycles. The van der Waals surface area contributed by atoms with Crippen LogP contribution in [0.4, 0.5) is 0 Å². The summed E-state index contributed by atoms with van der Waals surface area (Å²) >= 11 is 0. The second-order valence-corrected chi connectivity index (χ2v) is 4.51. The number of hydrogen-bond acceptors (Lipinski definition) is 4.